The molecule has 0 radical (unpaired) electrons. The molecule has 0 saturated carbocycles. The maximum Gasteiger partial charge on any atom is 0.323 e. The van der Waals surface area contributed by atoms with Crippen molar-refractivity contribution in [2.75, 3.05) is 36.2 Å². The van der Waals surface area contributed by atoms with Crippen molar-refractivity contribution in [3.63, 3.8) is 0 Å². The summed E-state index contributed by atoms with van der Waals surface area (Å²) in [5, 5.41) is 17.0. The minimum atomic E-state index is -0.646. The number of nitrogens with zero attached hydrogens (tertiary/aromatic N) is 2. The Hall–Kier alpha value is -4.25. The molecule has 3 aromatic rings. The van der Waals surface area contributed by atoms with E-state index >= 15 is 0 Å². The molecule has 0 fully saturated rings. The van der Waals surface area contributed by atoms with Crippen LogP contribution in [0.1, 0.15) is 10.4 Å². The van der Waals surface area contributed by atoms with Crippen molar-refractivity contribution in [1.29, 1.82) is 0 Å². The third-order valence-electron chi connectivity index (χ3n) is 4.27. The van der Waals surface area contributed by atoms with Gasteiger partial charge in [0.15, 0.2) is 17.4 Å². The van der Waals surface area contributed by atoms with Crippen LogP contribution in [0.15, 0.2) is 48.7 Å². The molecule has 0 bridgehead atoms. The summed E-state index contributed by atoms with van der Waals surface area (Å²) in [6, 6.07) is 9.47. The lowest BCUT2D eigenvalue weighted by molar-refractivity contribution is 0.100. The van der Waals surface area contributed by atoms with E-state index in [1.807, 2.05) is 0 Å². The van der Waals surface area contributed by atoms with Gasteiger partial charge in [-0.25, -0.2) is 19.2 Å². The van der Waals surface area contributed by atoms with E-state index in [1.165, 1.54) is 49.7 Å². The number of aliphatic hydroxyl groups is 1. The summed E-state index contributed by atoms with van der Waals surface area (Å²) in [4.78, 5) is 31.6. The van der Waals surface area contributed by atoms with Crippen LogP contribution in [-0.2, 0) is 0 Å². The van der Waals surface area contributed by atoms with Crippen LogP contribution in [0.25, 0.3) is 11.4 Å². The highest BCUT2D eigenvalue weighted by atomic mass is 19.1. The van der Waals surface area contributed by atoms with Crippen molar-refractivity contribution in [2.45, 2.75) is 0 Å². The van der Waals surface area contributed by atoms with Gasteiger partial charge < -0.3 is 31.5 Å². The minimum Gasteiger partial charge on any atom is -0.491 e. The van der Waals surface area contributed by atoms with Gasteiger partial charge in [-0.3, -0.25) is 4.79 Å². The number of methoxy groups -OCH3 is 1. The predicted molar refractivity (Wildman–Crippen MR) is 117 cm³/mol. The monoisotopic (exact) mass is 440 g/mol. The van der Waals surface area contributed by atoms with Gasteiger partial charge in [-0.2, -0.15) is 0 Å². The third-order valence-corrected chi connectivity index (χ3v) is 4.27. The van der Waals surface area contributed by atoms with Crippen LogP contribution in [0.2, 0.25) is 0 Å². The molecule has 3 amide bonds. The molecule has 1 heterocycles. The van der Waals surface area contributed by atoms with E-state index in [4.69, 9.17) is 15.6 Å². The maximum atomic E-state index is 14.7. The molecule has 0 aliphatic carbocycles. The molecule has 0 aliphatic rings. The first-order valence-electron chi connectivity index (χ1n) is 9.45. The number of anilines is 3. The zero-order chi connectivity index (χ0) is 23.1. The van der Waals surface area contributed by atoms with Crippen LogP contribution < -0.4 is 26.4 Å². The molecule has 10 nitrogen and oxygen atoms in total. The van der Waals surface area contributed by atoms with Crippen LogP contribution in [-0.4, -0.2) is 47.3 Å². The van der Waals surface area contributed by atoms with E-state index < -0.39 is 17.8 Å². The largest absolute Gasteiger partial charge is 0.491 e. The Balaban J connectivity index is 1.72. The number of carbonyl (C=O) groups is 2. The van der Waals surface area contributed by atoms with Gasteiger partial charge in [-0.05, 0) is 42.5 Å². The molecule has 0 spiro atoms. The number of nitrogens with two attached hydrogens (primary N) is 1. The number of halogens is 1. The van der Waals surface area contributed by atoms with E-state index in [0.717, 1.165) is 6.07 Å². The molecular weight excluding hydrogens is 419 g/mol. The van der Waals surface area contributed by atoms with Crippen LogP contribution in [0, 0.1) is 5.82 Å². The number of carbonyl (C=O) groups excluding carboxylic acids is 2. The molecule has 32 heavy (non-hydrogen) atoms. The van der Waals surface area contributed by atoms with Gasteiger partial charge in [0.1, 0.15) is 5.82 Å². The van der Waals surface area contributed by atoms with E-state index in [9.17, 15) is 14.0 Å². The van der Waals surface area contributed by atoms with Gasteiger partial charge in [0, 0.05) is 23.5 Å². The Kier molecular flexibility index (Phi) is 7.13. The van der Waals surface area contributed by atoms with E-state index in [-0.39, 0.29) is 30.2 Å². The summed E-state index contributed by atoms with van der Waals surface area (Å²) >= 11 is 0. The fourth-order valence-electron chi connectivity index (χ4n) is 2.74. The second-order valence-electron chi connectivity index (χ2n) is 6.48. The third kappa shape index (κ3) is 5.46. The first-order valence-corrected chi connectivity index (χ1v) is 9.45. The quantitative estimate of drug-likeness (QED) is 0.361. The van der Waals surface area contributed by atoms with Gasteiger partial charge in [-0.1, -0.05) is 0 Å². The number of urea groups is 1. The Bertz CT molecular complexity index is 1120. The van der Waals surface area contributed by atoms with Crippen molar-refractivity contribution >= 4 is 29.1 Å². The summed E-state index contributed by atoms with van der Waals surface area (Å²) in [5.41, 5.74) is 6.25. The second-order valence-corrected chi connectivity index (χ2v) is 6.48. The van der Waals surface area contributed by atoms with Crippen LogP contribution in [0.5, 0.6) is 5.75 Å². The Morgan fingerprint density at radius 3 is 2.44 bits per heavy atom. The molecule has 0 atom stereocenters. The zero-order valence-corrected chi connectivity index (χ0v) is 17.1. The highest BCUT2D eigenvalue weighted by Crippen LogP contribution is 2.27. The lowest BCUT2D eigenvalue weighted by Crippen LogP contribution is -2.19. The van der Waals surface area contributed by atoms with Crippen LogP contribution in [0.4, 0.5) is 26.4 Å². The number of hydrogen-bond donors (Lipinski definition) is 5. The van der Waals surface area contributed by atoms with E-state index in [2.05, 4.69) is 25.9 Å². The summed E-state index contributed by atoms with van der Waals surface area (Å²) in [6.07, 6.45) is 1.39. The molecule has 6 N–H and O–H groups in total. The second kappa shape index (κ2) is 10.2. The number of ether oxygens (including phenoxy) is 1. The Morgan fingerprint density at radius 1 is 1.12 bits per heavy atom. The molecule has 2 aromatic carbocycles. The smallest absolute Gasteiger partial charge is 0.323 e. The lowest BCUT2D eigenvalue weighted by Gasteiger charge is -2.12. The van der Waals surface area contributed by atoms with Crippen molar-refractivity contribution in [3.05, 3.63) is 60.0 Å². The predicted octanol–water partition coefficient (Wildman–Crippen LogP) is 2.44. The average Bonchev–Trinajstić information content (AvgIpc) is 2.78. The molecule has 166 valence electrons. The van der Waals surface area contributed by atoms with Crippen molar-refractivity contribution < 1.29 is 23.8 Å². The number of hydrogen-bond acceptors (Lipinski definition) is 7. The SMILES string of the molecule is COc1cnc(-c2ccc(NC(=O)Nc3ccc(C(N)=O)cc3)cc2F)nc1NCCO. The maximum absolute atomic E-state index is 14.7. The standard InChI is InChI=1S/C21H21FN6O4/c1-32-17-11-25-19(28-20(17)24-8-9-29)15-7-6-14(10-16(15)22)27-21(31)26-13-4-2-12(3-5-13)18(23)30/h2-7,10-11,29H,8-9H2,1H3,(H2,23,30)(H,24,25,28)(H2,26,27,31). The number of aliphatic hydroxyl groups excluding tert-OH is 1. The fraction of sp³-hybridized carbons (Fsp3) is 0.143. The molecule has 0 aliphatic heterocycles. The molecule has 0 saturated heterocycles. The average molecular weight is 440 g/mol. The molecular formula is C21H21FN6O4. The molecule has 11 heteroatoms. The summed E-state index contributed by atoms with van der Waals surface area (Å²) in [5.74, 6) is -0.453. The number of rotatable bonds is 8. The number of benzene rings is 2. The van der Waals surface area contributed by atoms with Gasteiger partial charge >= 0.3 is 6.03 Å². The first kappa shape index (κ1) is 22.4. The van der Waals surface area contributed by atoms with Crippen molar-refractivity contribution in [2.24, 2.45) is 5.73 Å². The highest BCUT2D eigenvalue weighted by Gasteiger charge is 2.14. The van der Waals surface area contributed by atoms with E-state index in [0.29, 0.717) is 22.8 Å². The van der Waals surface area contributed by atoms with Gasteiger partial charge in [0.2, 0.25) is 5.91 Å². The van der Waals surface area contributed by atoms with Crippen molar-refractivity contribution in [1.82, 2.24) is 9.97 Å². The highest BCUT2D eigenvalue weighted by molar-refractivity contribution is 6.00. The summed E-state index contributed by atoms with van der Waals surface area (Å²) in [7, 11) is 1.45. The number of amides is 3. The lowest BCUT2D eigenvalue weighted by atomic mass is 10.1. The van der Waals surface area contributed by atoms with Gasteiger partial charge in [0.25, 0.3) is 0 Å². The van der Waals surface area contributed by atoms with Gasteiger partial charge in [0.05, 0.1) is 25.5 Å². The van der Waals surface area contributed by atoms with Crippen LogP contribution >= 0.6 is 0 Å². The van der Waals surface area contributed by atoms with Gasteiger partial charge in [-0.15, -0.1) is 0 Å². The summed E-state index contributed by atoms with van der Waals surface area (Å²) in [6.45, 7) is 0.118. The number of primary amides is 1. The zero-order valence-electron chi connectivity index (χ0n) is 17.1. The topological polar surface area (TPSA) is 151 Å². The number of nitrogens with one attached hydrogen (secondary N) is 3. The molecule has 3 rings (SSSR count). The van der Waals surface area contributed by atoms with E-state index in [1.54, 1.807) is 0 Å². The normalized spacial score (nSPS) is 10.3. The fourth-order valence-corrected chi connectivity index (χ4v) is 2.74. The Labute approximate surface area is 182 Å². The van der Waals surface area contributed by atoms with Crippen molar-refractivity contribution in [3.8, 4) is 17.1 Å². The molecule has 1 aromatic heterocycles. The van der Waals surface area contributed by atoms with Crippen LogP contribution in [0.3, 0.4) is 0 Å². The minimum absolute atomic E-state index is 0.106. The first-order chi connectivity index (χ1) is 15.4. The number of aromatic nitrogens is 2. The molecule has 0 unspecified atom stereocenters. The summed E-state index contributed by atoms with van der Waals surface area (Å²) < 4.78 is 19.9. The Morgan fingerprint density at radius 2 is 1.81 bits per heavy atom.